The molecule has 11 rings (SSSR count). The molecule has 1 aliphatic carbocycles. The molecule has 0 saturated heterocycles. The van der Waals surface area contributed by atoms with Crippen LogP contribution in [-0.2, 0) is 0 Å². The molecule has 2 aromatic heterocycles. The molecule has 1 unspecified atom stereocenters. The third kappa shape index (κ3) is 5.64. The summed E-state index contributed by atoms with van der Waals surface area (Å²) in [5.74, 6) is 0.499. The highest BCUT2D eigenvalue weighted by atomic mass is 15.0. The monoisotopic (exact) mass is 728 g/mol. The average Bonchev–Trinajstić information content (AvgIpc) is 3.81. The van der Waals surface area contributed by atoms with Crippen molar-refractivity contribution in [2.45, 2.75) is 19.3 Å². The molecular weight excluding hydrogens is 689 g/mol. The fraction of sp³-hybridized carbons (Fsp3) is 0.0545. The van der Waals surface area contributed by atoms with Gasteiger partial charge in [0.2, 0.25) is 0 Å². The summed E-state index contributed by atoms with van der Waals surface area (Å²) in [6, 6.07) is 71.1. The number of rotatable bonds is 6. The van der Waals surface area contributed by atoms with Crippen LogP contribution in [0.5, 0.6) is 0 Å². The van der Waals surface area contributed by atoms with Gasteiger partial charge in [0.05, 0.1) is 16.6 Å². The number of hydrogen-bond donors (Lipinski definition) is 0. The summed E-state index contributed by atoms with van der Waals surface area (Å²) in [6.45, 7) is 2.35. The number of allylic oxidation sites excluding steroid dienone is 1. The zero-order valence-electron chi connectivity index (χ0n) is 31.8. The first-order chi connectivity index (χ1) is 28.2. The van der Waals surface area contributed by atoms with Crippen LogP contribution >= 0.6 is 0 Å². The first-order valence-corrected chi connectivity index (χ1v) is 20.0. The molecule has 0 radical (unpaired) electrons. The van der Waals surface area contributed by atoms with Gasteiger partial charge in [0, 0.05) is 33.2 Å². The molecule has 1 atom stereocenters. The number of aromatic nitrogens is 2. The van der Waals surface area contributed by atoms with Gasteiger partial charge in [0.1, 0.15) is 0 Å². The molecule has 0 amide bonds. The van der Waals surface area contributed by atoms with Crippen LogP contribution in [0.3, 0.4) is 0 Å². The van der Waals surface area contributed by atoms with E-state index in [2.05, 4.69) is 222 Å². The van der Waals surface area contributed by atoms with Crippen LogP contribution in [0.25, 0.3) is 94.7 Å². The molecule has 10 aromatic rings. The molecule has 2 heteroatoms. The van der Waals surface area contributed by atoms with E-state index in [-0.39, 0.29) is 0 Å². The third-order valence-electron chi connectivity index (χ3n) is 11.9. The van der Waals surface area contributed by atoms with Gasteiger partial charge >= 0.3 is 0 Å². The molecule has 0 fully saturated rings. The van der Waals surface area contributed by atoms with Crippen LogP contribution in [0.2, 0.25) is 0 Å². The first-order valence-electron chi connectivity index (χ1n) is 20.0. The molecule has 270 valence electrons. The fourth-order valence-electron chi connectivity index (χ4n) is 9.19. The number of benzene rings is 8. The molecule has 2 nitrogen and oxygen atoms in total. The minimum Gasteiger partial charge on any atom is -0.310 e. The SMILES string of the molecule is CC1CC=Cc2c1c1ccccc1n2-c1ccc(-c2cc(-c3ccccc3)cc(-c3cccc(-c4ccc(-n5c6ccccc6c6ccccc65)cc4)c3)c2)cc1. The van der Waals surface area contributed by atoms with Gasteiger partial charge in [-0.15, -0.1) is 0 Å². The molecule has 2 heterocycles. The van der Waals surface area contributed by atoms with E-state index in [1.807, 2.05) is 0 Å². The van der Waals surface area contributed by atoms with Crippen molar-refractivity contribution in [3.63, 3.8) is 0 Å². The molecule has 8 aromatic carbocycles. The predicted octanol–water partition coefficient (Wildman–Crippen LogP) is 14.9. The van der Waals surface area contributed by atoms with Gasteiger partial charge in [0.25, 0.3) is 0 Å². The molecule has 0 aliphatic heterocycles. The highest BCUT2D eigenvalue weighted by Crippen LogP contribution is 2.41. The number of nitrogens with zero attached hydrogens (tertiary/aromatic N) is 2. The van der Waals surface area contributed by atoms with E-state index >= 15 is 0 Å². The van der Waals surface area contributed by atoms with E-state index in [4.69, 9.17) is 0 Å². The Labute approximate surface area is 333 Å². The largest absolute Gasteiger partial charge is 0.310 e. The van der Waals surface area contributed by atoms with Crippen molar-refractivity contribution in [2.75, 3.05) is 0 Å². The van der Waals surface area contributed by atoms with E-state index < -0.39 is 0 Å². The quantitative estimate of drug-likeness (QED) is 0.161. The maximum atomic E-state index is 2.44. The highest BCUT2D eigenvalue weighted by Gasteiger charge is 2.23. The van der Waals surface area contributed by atoms with Crippen molar-refractivity contribution in [1.82, 2.24) is 9.13 Å². The smallest absolute Gasteiger partial charge is 0.0541 e. The van der Waals surface area contributed by atoms with Gasteiger partial charge < -0.3 is 9.13 Å². The summed E-state index contributed by atoms with van der Waals surface area (Å²) < 4.78 is 4.81. The lowest BCUT2D eigenvalue weighted by Crippen LogP contribution is -2.02. The predicted molar refractivity (Wildman–Crippen MR) is 241 cm³/mol. The third-order valence-corrected chi connectivity index (χ3v) is 11.9. The van der Waals surface area contributed by atoms with Crippen molar-refractivity contribution in [1.29, 1.82) is 0 Å². The lowest BCUT2D eigenvalue weighted by molar-refractivity contribution is 0.773. The lowest BCUT2D eigenvalue weighted by Gasteiger charge is -2.17. The Morgan fingerprint density at radius 3 is 1.40 bits per heavy atom. The Balaban J connectivity index is 0.970. The minimum absolute atomic E-state index is 0.499. The van der Waals surface area contributed by atoms with Crippen LogP contribution in [0, 0.1) is 0 Å². The van der Waals surface area contributed by atoms with E-state index in [1.54, 1.807) is 0 Å². The second kappa shape index (κ2) is 13.5. The maximum Gasteiger partial charge on any atom is 0.0541 e. The van der Waals surface area contributed by atoms with Crippen LogP contribution in [-0.4, -0.2) is 9.13 Å². The van der Waals surface area contributed by atoms with Crippen LogP contribution < -0.4 is 0 Å². The second-order valence-electron chi connectivity index (χ2n) is 15.4. The Hall–Kier alpha value is -7.16. The normalized spacial score (nSPS) is 13.7. The van der Waals surface area contributed by atoms with Crippen molar-refractivity contribution < 1.29 is 0 Å². The summed E-state index contributed by atoms with van der Waals surface area (Å²) in [5.41, 5.74) is 18.4. The molecule has 0 saturated carbocycles. The van der Waals surface area contributed by atoms with Crippen LogP contribution in [0.4, 0.5) is 0 Å². The summed E-state index contributed by atoms with van der Waals surface area (Å²) in [4.78, 5) is 0. The molecule has 0 N–H and O–H groups in total. The second-order valence-corrected chi connectivity index (χ2v) is 15.4. The fourth-order valence-corrected chi connectivity index (χ4v) is 9.19. The van der Waals surface area contributed by atoms with Crippen LogP contribution in [0.15, 0.2) is 200 Å². The maximum absolute atomic E-state index is 2.44. The van der Waals surface area contributed by atoms with E-state index in [9.17, 15) is 0 Å². The van der Waals surface area contributed by atoms with E-state index in [0.717, 1.165) is 12.1 Å². The van der Waals surface area contributed by atoms with Crippen LogP contribution in [0.1, 0.15) is 30.5 Å². The zero-order chi connectivity index (χ0) is 37.9. The summed E-state index contributed by atoms with van der Waals surface area (Å²) >= 11 is 0. The molecule has 57 heavy (non-hydrogen) atoms. The standard InChI is InChI=1S/C55H40N2/c1-37-13-11-24-54-55(37)50-20-7-10-23-53(50)57(54)47-31-27-40(28-32-47)44-34-43(38-14-3-2-4-15-38)35-45(36-44)42-17-12-16-41(33-42)39-25-29-46(30-26-39)56-51-21-8-5-18-48(51)49-19-6-9-22-52(49)56/h2-12,14-37H,13H2,1H3. The van der Waals surface area contributed by atoms with Crippen molar-refractivity contribution in [3.8, 4) is 55.9 Å². The van der Waals surface area contributed by atoms with Gasteiger partial charge in [-0.2, -0.15) is 0 Å². The molecular formula is C55H40N2. The number of hydrogen-bond acceptors (Lipinski definition) is 0. The summed E-state index contributed by atoms with van der Waals surface area (Å²) in [7, 11) is 0. The Kier molecular flexibility index (Phi) is 7.89. The highest BCUT2D eigenvalue weighted by molar-refractivity contribution is 6.09. The minimum atomic E-state index is 0.499. The Bertz CT molecular complexity index is 3090. The Morgan fingerprint density at radius 1 is 0.368 bits per heavy atom. The van der Waals surface area contributed by atoms with Gasteiger partial charge in [-0.25, -0.2) is 0 Å². The summed E-state index contributed by atoms with van der Waals surface area (Å²) in [5, 5.41) is 3.91. The van der Waals surface area contributed by atoms with E-state index in [0.29, 0.717) is 5.92 Å². The summed E-state index contributed by atoms with van der Waals surface area (Å²) in [6.07, 6.45) is 5.72. The average molecular weight is 729 g/mol. The molecule has 0 bridgehead atoms. The zero-order valence-corrected chi connectivity index (χ0v) is 31.8. The number of fused-ring (bicyclic) bond motifs is 6. The first kappa shape index (κ1) is 33.2. The Morgan fingerprint density at radius 2 is 0.789 bits per heavy atom. The van der Waals surface area contributed by atoms with Gasteiger partial charge in [0.15, 0.2) is 0 Å². The van der Waals surface area contributed by atoms with E-state index in [1.165, 1.54) is 94.2 Å². The number of para-hydroxylation sites is 3. The molecule has 1 aliphatic rings. The van der Waals surface area contributed by atoms with Gasteiger partial charge in [-0.3, -0.25) is 0 Å². The van der Waals surface area contributed by atoms with Crippen molar-refractivity contribution in [3.05, 3.63) is 211 Å². The van der Waals surface area contributed by atoms with Gasteiger partial charge in [-0.05, 0) is 135 Å². The molecule has 0 spiro atoms. The van der Waals surface area contributed by atoms with Gasteiger partial charge in [-0.1, -0.05) is 140 Å². The topological polar surface area (TPSA) is 9.86 Å². The lowest BCUT2D eigenvalue weighted by atomic mass is 9.91. The van der Waals surface area contributed by atoms with Crippen molar-refractivity contribution >= 4 is 38.8 Å². The van der Waals surface area contributed by atoms with Crippen molar-refractivity contribution in [2.24, 2.45) is 0 Å².